The van der Waals surface area contributed by atoms with E-state index in [1.54, 1.807) is 0 Å². The van der Waals surface area contributed by atoms with E-state index in [9.17, 15) is 6.17 Å². The average molecular weight is 392 g/mol. The second kappa shape index (κ2) is 8.83. The summed E-state index contributed by atoms with van der Waals surface area (Å²) in [7, 11) is 1.39. The summed E-state index contributed by atoms with van der Waals surface area (Å²) in [6.45, 7) is 4.77. The molecule has 1 aliphatic heterocycles. The Bertz CT molecular complexity index is 1020. The summed E-state index contributed by atoms with van der Waals surface area (Å²) in [5.41, 5.74) is 4.04. The predicted molar refractivity (Wildman–Crippen MR) is 117 cm³/mol. The van der Waals surface area contributed by atoms with Gasteiger partial charge in [0, 0.05) is 37.6 Å². The average Bonchev–Trinajstić information content (AvgIpc) is 3.17. The van der Waals surface area contributed by atoms with E-state index in [0.29, 0.717) is 12.1 Å². The number of hydrogen-bond acceptors (Lipinski definition) is 3. The number of aromatic amines is 1. The Morgan fingerprint density at radius 1 is 1.21 bits per heavy atom. The van der Waals surface area contributed by atoms with Gasteiger partial charge in [0.2, 0.25) is 0 Å². The number of carbonyl (C=O) groups is 1. The summed E-state index contributed by atoms with van der Waals surface area (Å²) in [4.78, 5) is 18.8. The van der Waals surface area contributed by atoms with E-state index >= 15 is 0 Å². The number of rotatable bonds is 4. The lowest BCUT2D eigenvalue weighted by Crippen LogP contribution is -2.31. The number of methoxy groups -OCH3 is 1. The van der Waals surface area contributed by atoms with Crippen molar-refractivity contribution in [3.8, 4) is 0 Å². The summed E-state index contributed by atoms with van der Waals surface area (Å²) in [6.07, 6.45) is 2.15. The van der Waals surface area contributed by atoms with Crippen LogP contribution in [0.2, 0.25) is 0 Å². The van der Waals surface area contributed by atoms with Gasteiger partial charge in [0.15, 0.2) is 0 Å². The molecule has 0 radical (unpaired) electrons. The minimum atomic E-state index is -1.42. The largest absolute Gasteiger partial charge is 0.469 e. The van der Waals surface area contributed by atoms with Crippen LogP contribution in [-0.2, 0) is 22.5 Å². The third-order valence-electron chi connectivity index (χ3n) is 6.06. The molecule has 0 unspecified atom stereocenters. The van der Waals surface area contributed by atoms with Gasteiger partial charge < -0.3 is 9.72 Å². The molecular formula is C25H30N2O2. The van der Waals surface area contributed by atoms with Crippen LogP contribution >= 0.6 is 0 Å². The van der Waals surface area contributed by atoms with Crippen LogP contribution in [0.5, 0.6) is 0 Å². The fourth-order valence-corrected chi connectivity index (χ4v) is 4.47. The normalized spacial score (nSPS) is 23.5. The third-order valence-corrected chi connectivity index (χ3v) is 6.06. The van der Waals surface area contributed by atoms with Crippen molar-refractivity contribution in [1.82, 2.24) is 9.88 Å². The number of hydrogen-bond donors (Lipinski definition) is 1. The molecular weight excluding hydrogens is 360 g/mol. The molecule has 2 atom stereocenters. The van der Waals surface area contributed by atoms with E-state index in [-0.39, 0.29) is 5.92 Å². The maximum absolute atomic E-state index is 12.9. The number of aromatic nitrogens is 1. The quantitative estimate of drug-likeness (QED) is 0.644. The first-order chi connectivity index (χ1) is 14.5. The molecule has 4 rings (SSSR count). The first-order valence-corrected chi connectivity index (χ1v) is 10.5. The highest BCUT2D eigenvalue weighted by Crippen LogP contribution is 2.35. The predicted octanol–water partition coefficient (Wildman–Crippen LogP) is 4.90. The molecule has 152 valence electrons. The molecule has 0 saturated carbocycles. The van der Waals surface area contributed by atoms with Gasteiger partial charge in [-0.25, -0.2) is 0 Å². The number of carbonyl (C=O) groups excluding carboxylic acids is 1. The number of nitrogens with one attached hydrogen (secondary N) is 1. The molecule has 0 amide bonds. The highest BCUT2D eigenvalue weighted by molar-refractivity contribution is 5.88. The number of H-pyrrole nitrogens is 1. The molecule has 3 aromatic rings. The number of fused-ring (bicyclic) bond motifs is 3. The van der Waals surface area contributed by atoms with Gasteiger partial charge in [-0.15, -0.1) is 0 Å². The van der Waals surface area contributed by atoms with Gasteiger partial charge in [-0.05, 0) is 36.0 Å². The molecule has 0 saturated heterocycles. The van der Waals surface area contributed by atoms with Crippen molar-refractivity contribution < 1.29 is 10.9 Å². The number of benzene rings is 2. The Morgan fingerprint density at radius 2 is 1.97 bits per heavy atom. The lowest BCUT2D eigenvalue weighted by Gasteiger charge is -2.27. The topological polar surface area (TPSA) is 45.3 Å². The number of ether oxygens (including phenoxy) is 1. The molecule has 0 spiro atoms. The van der Waals surface area contributed by atoms with Crippen molar-refractivity contribution in [2.75, 3.05) is 20.2 Å². The van der Waals surface area contributed by atoms with Crippen LogP contribution in [0.15, 0.2) is 54.6 Å². The van der Waals surface area contributed by atoms with Gasteiger partial charge in [0.1, 0.15) is 0 Å². The molecule has 29 heavy (non-hydrogen) atoms. The molecule has 2 heterocycles. The van der Waals surface area contributed by atoms with E-state index in [1.807, 2.05) is 24.3 Å². The molecule has 0 aliphatic carbocycles. The highest BCUT2D eigenvalue weighted by atomic mass is 16.5. The van der Waals surface area contributed by atoms with Crippen molar-refractivity contribution in [3.05, 3.63) is 71.4 Å². The van der Waals surface area contributed by atoms with Crippen molar-refractivity contribution in [2.45, 2.75) is 38.6 Å². The number of esters is 1. The standard InChI is InChI=1S/C25H30N2O2/c1-3-18-15-22(25(28)29-2)24-21(20-11-7-8-12-23(20)26-24)13-14-27(16-18)17-19-9-5-4-6-10-19/h4-12,18,22,26H,3,13-17H2,1-2H3/t18-,22-/m1/s1/i22D. The van der Waals surface area contributed by atoms with Crippen LogP contribution < -0.4 is 0 Å². The fourth-order valence-electron chi connectivity index (χ4n) is 4.47. The van der Waals surface area contributed by atoms with E-state index < -0.39 is 11.9 Å². The maximum atomic E-state index is 12.9. The van der Waals surface area contributed by atoms with Gasteiger partial charge in [-0.3, -0.25) is 9.69 Å². The lowest BCUT2D eigenvalue weighted by atomic mass is 9.88. The zero-order valence-electron chi connectivity index (χ0n) is 18.3. The van der Waals surface area contributed by atoms with Crippen molar-refractivity contribution in [3.63, 3.8) is 0 Å². The van der Waals surface area contributed by atoms with Gasteiger partial charge in [0.25, 0.3) is 0 Å². The molecule has 1 aromatic heterocycles. The summed E-state index contributed by atoms with van der Waals surface area (Å²) in [5.74, 6) is -1.68. The minimum absolute atomic E-state index is 0.225. The molecule has 4 heteroatoms. The van der Waals surface area contributed by atoms with E-state index in [1.165, 1.54) is 12.7 Å². The maximum Gasteiger partial charge on any atom is 0.314 e. The fraction of sp³-hybridized carbons (Fsp3) is 0.400. The van der Waals surface area contributed by atoms with Crippen LogP contribution in [-0.4, -0.2) is 36.1 Å². The Morgan fingerprint density at radius 3 is 2.72 bits per heavy atom. The minimum Gasteiger partial charge on any atom is -0.469 e. The molecule has 4 nitrogen and oxygen atoms in total. The van der Waals surface area contributed by atoms with Crippen LogP contribution in [0.25, 0.3) is 10.9 Å². The van der Waals surface area contributed by atoms with Crippen molar-refractivity contribution in [1.29, 1.82) is 0 Å². The Balaban J connectivity index is 1.78. The first-order valence-electron chi connectivity index (χ1n) is 11.0. The van der Waals surface area contributed by atoms with E-state index in [2.05, 4.69) is 47.1 Å². The molecule has 1 aliphatic rings. The second-order valence-electron chi connectivity index (χ2n) is 7.94. The summed E-state index contributed by atoms with van der Waals surface area (Å²) in [6, 6.07) is 18.6. The Hall–Kier alpha value is -2.59. The third kappa shape index (κ3) is 4.23. The highest BCUT2D eigenvalue weighted by Gasteiger charge is 2.31. The summed E-state index contributed by atoms with van der Waals surface area (Å²) >= 11 is 0. The van der Waals surface area contributed by atoms with Gasteiger partial charge >= 0.3 is 5.97 Å². The summed E-state index contributed by atoms with van der Waals surface area (Å²) in [5, 5.41) is 1.10. The molecule has 1 N–H and O–H groups in total. The Kier molecular flexibility index (Phi) is 5.61. The SMILES string of the molecule is [2H][C@@]1(C(=O)OC)C[C@@H](CC)CN(Cc2ccccc2)CCc2c1[nH]c1ccccc21. The van der Waals surface area contributed by atoms with E-state index in [4.69, 9.17) is 4.74 Å². The van der Waals surface area contributed by atoms with Gasteiger partial charge in [0.05, 0.1) is 13.0 Å². The van der Waals surface area contributed by atoms with Crippen LogP contribution in [0.1, 0.15) is 43.9 Å². The molecule has 2 aromatic carbocycles. The van der Waals surface area contributed by atoms with Gasteiger partial charge in [-0.2, -0.15) is 0 Å². The number of nitrogens with zero attached hydrogens (tertiary/aromatic N) is 1. The smallest absolute Gasteiger partial charge is 0.314 e. The van der Waals surface area contributed by atoms with Crippen LogP contribution in [0, 0.1) is 5.92 Å². The zero-order chi connectivity index (χ0) is 21.1. The van der Waals surface area contributed by atoms with E-state index in [0.717, 1.165) is 48.9 Å². The molecule has 0 bridgehead atoms. The monoisotopic (exact) mass is 391 g/mol. The van der Waals surface area contributed by atoms with Crippen LogP contribution in [0.4, 0.5) is 0 Å². The van der Waals surface area contributed by atoms with Crippen molar-refractivity contribution >= 4 is 16.9 Å². The first kappa shape index (κ1) is 18.4. The molecule has 0 fully saturated rings. The van der Waals surface area contributed by atoms with Gasteiger partial charge in [-0.1, -0.05) is 61.9 Å². The zero-order valence-corrected chi connectivity index (χ0v) is 17.3. The number of para-hydroxylation sites is 1. The second-order valence-corrected chi connectivity index (χ2v) is 7.94. The van der Waals surface area contributed by atoms with Crippen LogP contribution in [0.3, 0.4) is 0 Å². The Labute approximate surface area is 174 Å². The summed E-state index contributed by atoms with van der Waals surface area (Å²) < 4.78 is 14.4. The van der Waals surface area contributed by atoms with Crippen molar-refractivity contribution in [2.24, 2.45) is 5.92 Å². The lowest BCUT2D eigenvalue weighted by molar-refractivity contribution is -0.143.